The van der Waals surface area contributed by atoms with E-state index in [1.54, 1.807) is 24.4 Å². The van der Waals surface area contributed by atoms with Crippen LogP contribution in [-0.2, 0) is 6.73 Å². The van der Waals surface area contributed by atoms with E-state index >= 15 is 0 Å². The Labute approximate surface area is 145 Å². The number of nitro groups is 1. The highest BCUT2D eigenvalue weighted by Crippen LogP contribution is 2.25. The van der Waals surface area contributed by atoms with Gasteiger partial charge in [0.15, 0.2) is 12.5 Å². The Morgan fingerprint density at radius 2 is 2.08 bits per heavy atom. The Morgan fingerprint density at radius 3 is 2.84 bits per heavy atom. The molecular weight excluding hydrogens is 324 g/mol. The molecule has 1 amide bonds. The average molecular weight is 346 g/mol. The normalized spacial score (nSPS) is 10.4. The summed E-state index contributed by atoms with van der Waals surface area (Å²) in [6.45, 7) is 2.74. The number of ether oxygens (including phenoxy) is 1. The van der Waals surface area contributed by atoms with Crippen molar-refractivity contribution in [2.24, 2.45) is 0 Å². The first-order valence-corrected chi connectivity index (χ1v) is 8.29. The molecule has 25 heavy (non-hydrogen) atoms. The van der Waals surface area contributed by atoms with Gasteiger partial charge >= 0.3 is 5.69 Å². The fourth-order valence-electron chi connectivity index (χ4n) is 2.26. The second kappa shape index (κ2) is 9.41. The van der Waals surface area contributed by atoms with Gasteiger partial charge in [-0.3, -0.25) is 14.9 Å². The van der Waals surface area contributed by atoms with Crippen molar-refractivity contribution in [1.29, 1.82) is 0 Å². The molecule has 134 valence electrons. The van der Waals surface area contributed by atoms with Crippen LogP contribution in [0.25, 0.3) is 0 Å². The lowest BCUT2D eigenvalue weighted by Crippen LogP contribution is -2.25. The molecule has 0 aliphatic rings. The molecule has 0 aliphatic carbocycles. The zero-order valence-electron chi connectivity index (χ0n) is 14.2. The first kappa shape index (κ1) is 18.4. The van der Waals surface area contributed by atoms with Crippen LogP contribution in [0.5, 0.6) is 5.75 Å². The number of nitrogens with one attached hydrogen (secondary N) is 1. The van der Waals surface area contributed by atoms with Gasteiger partial charge in [0, 0.05) is 18.8 Å². The molecule has 0 spiro atoms. The van der Waals surface area contributed by atoms with Crippen LogP contribution in [-0.4, -0.2) is 27.2 Å². The quantitative estimate of drug-likeness (QED) is 0.405. The number of nitrogens with zero attached hydrogens (tertiary/aromatic N) is 3. The molecule has 1 aromatic carbocycles. The van der Waals surface area contributed by atoms with Crippen LogP contribution in [0, 0.1) is 10.1 Å². The molecule has 1 N–H and O–H groups in total. The van der Waals surface area contributed by atoms with E-state index in [1.165, 1.54) is 16.8 Å². The van der Waals surface area contributed by atoms with Crippen molar-refractivity contribution in [1.82, 2.24) is 15.1 Å². The van der Waals surface area contributed by atoms with Gasteiger partial charge in [0.05, 0.1) is 4.92 Å². The van der Waals surface area contributed by atoms with Crippen molar-refractivity contribution < 1.29 is 14.5 Å². The van der Waals surface area contributed by atoms with Crippen LogP contribution >= 0.6 is 0 Å². The summed E-state index contributed by atoms with van der Waals surface area (Å²) in [5, 5.41) is 17.9. The van der Waals surface area contributed by atoms with Crippen LogP contribution in [0.1, 0.15) is 43.1 Å². The smallest absolute Gasteiger partial charge is 0.311 e. The number of nitro benzene ring substituents is 1. The Balaban J connectivity index is 1.85. The maximum absolute atomic E-state index is 12.0. The number of carbonyl (C=O) groups excluding carboxylic acids is 1. The van der Waals surface area contributed by atoms with Gasteiger partial charge in [0.1, 0.15) is 5.69 Å². The van der Waals surface area contributed by atoms with Crippen molar-refractivity contribution in [3.8, 4) is 5.75 Å². The Kier molecular flexibility index (Phi) is 6.94. The first-order chi connectivity index (χ1) is 12.1. The molecule has 0 radical (unpaired) electrons. The second-order valence-electron chi connectivity index (χ2n) is 5.56. The van der Waals surface area contributed by atoms with E-state index < -0.39 is 4.92 Å². The lowest BCUT2D eigenvalue weighted by atomic mass is 10.2. The number of unbranched alkanes of at least 4 members (excludes halogenated alkanes) is 3. The summed E-state index contributed by atoms with van der Waals surface area (Å²) in [6, 6.07) is 7.70. The van der Waals surface area contributed by atoms with Crippen molar-refractivity contribution in [2.45, 2.75) is 39.3 Å². The maximum Gasteiger partial charge on any atom is 0.311 e. The summed E-state index contributed by atoms with van der Waals surface area (Å²) in [4.78, 5) is 22.4. The molecular formula is C17H22N4O4. The van der Waals surface area contributed by atoms with Crippen LogP contribution in [0.2, 0.25) is 0 Å². The summed E-state index contributed by atoms with van der Waals surface area (Å²) < 4.78 is 6.85. The fourth-order valence-corrected chi connectivity index (χ4v) is 2.26. The van der Waals surface area contributed by atoms with Gasteiger partial charge < -0.3 is 10.1 Å². The highest BCUT2D eigenvalue weighted by atomic mass is 16.6. The molecule has 8 heteroatoms. The van der Waals surface area contributed by atoms with Gasteiger partial charge in [-0.25, -0.2) is 4.68 Å². The molecule has 1 aromatic heterocycles. The first-order valence-electron chi connectivity index (χ1n) is 8.29. The van der Waals surface area contributed by atoms with Gasteiger partial charge in [0.25, 0.3) is 5.91 Å². The van der Waals surface area contributed by atoms with Crippen molar-refractivity contribution in [2.75, 3.05) is 6.54 Å². The third-order valence-corrected chi connectivity index (χ3v) is 3.60. The summed E-state index contributed by atoms with van der Waals surface area (Å²) in [7, 11) is 0. The number of hydrogen-bond donors (Lipinski definition) is 1. The van der Waals surface area contributed by atoms with Gasteiger partial charge in [-0.15, -0.1) is 0 Å². The van der Waals surface area contributed by atoms with Crippen molar-refractivity contribution >= 4 is 11.6 Å². The summed E-state index contributed by atoms with van der Waals surface area (Å²) >= 11 is 0. The number of carbonyl (C=O) groups is 1. The number of rotatable bonds is 10. The van der Waals surface area contributed by atoms with E-state index in [0.29, 0.717) is 12.2 Å². The van der Waals surface area contributed by atoms with E-state index in [0.717, 1.165) is 25.7 Å². The number of amides is 1. The molecule has 0 atom stereocenters. The predicted octanol–water partition coefficient (Wildman–Crippen LogP) is 3.14. The molecule has 0 unspecified atom stereocenters. The zero-order chi connectivity index (χ0) is 18.1. The molecule has 0 fully saturated rings. The van der Waals surface area contributed by atoms with E-state index in [4.69, 9.17) is 4.74 Å². The Hall–Kier alpha value is -2.90. The predicted molar refractivity (Wildman–Crippen MR) is 92.4 cm³/mol. The molecule has 0 bridgehead atoms. The fraction of sp³-hybridized carbons (Fsp3) is 0.412. The van der Waals surface area contributed by atoms with Crippen LogP contribution < -0.4 is 10.1 Å². The van der Waals surface area contributed by atoms with Crippen LogP contribution in [0.3, 0.4) is 0 Å². The van der Waals surface area contributed by atoms with Gasteiger partial charge in [-0.2, -0.15) is 5.10 Å². The number of benzene rings is 1. The van der Waals surface area contributed by atoms with Gasteiger partial charge in [0.2, 0.25) is 0 Å². The highest BCUT2D eigenvalue weighted by Gasteiger charge is 2.14. The van der Waals surface area contributed by atoms with Crippen molar-refractivity contribution in [3.63, 3.8) is 0 Å². The largest absolute Gasteiger partial charge is 0.464 e. The molecule has 2 aromatic rings. The highest BCUT2D eigenvalue weighted by molar-refractivity contribution is 5.92. The zero-order valence-corrected chi connectivity index (χ0v) is 14.2. The molecule has 1 heterocycles. The molecule has 0 saturated carbocycles. The van der Waals surface area contributed by atoms with E-state index in [9.17, 15) is 14.9 Å². The summed E-state index contributed by atoms with van der Waals surface area (Å²) in [5.74, 6) is -0.0779. The lowest BCUT2D eigenvalue weighted by Gasteiger charge is -2.06. The average Bonchev–Trinajstić information content (AvgIpc) is 3.09. The number of aromatic nitrogens is 2. The Morgan fingerprint density at radius 1 is 1.28 bits per heavy atom. The summed E-state index contributed by atoms with van der Waals surface area (Å²) in [6.07, 6.45) is 5.95. The molecule has 0 aliphatic heterocycles. The number of para-hydroxylation sites is 2. The molecule has 2 rings (SSSR count). The maximum atomic E-state index is 12.0. The van der Waals surface area contributed by atoms with E-state index in [1.807, 2.05) is 0 Å². The third-order valence-electron chi connectivity index (χ3n) is 3.60. The second-order valence-corrected chi connectivity index (χ2v) is 5.56. The molecule has 0 saturated heterocycles. The summed E-state index contributed by atoms with van der Waals surface area (Å²) in [5.41, 5.74) is 0.182. The SMILES string of the molecule is CCCCCCNC(=O)c1ccn(COc2ccccc2[N+](=O)[O-])n1. The Bertz CT molecular complexity index is 714. The third kappa shape index (κ3) is 5.59. The van der Waals surface area contributed by atoms with Crippen LogP contribution in [0.15, 0.2) is 36.5 Å². The van der Waals surface area contributed by atoms with Gasteiger partial charge in [-0.1, -0.05) is 38.3 Å². The lowest BCUT2D eigenvalue weighted by molar-refractivity contribution is -0.386. The topological polar surface area (TPSA) is 99.3 Å². The number of hydrogen-bond acceptors (Lipinski definition) is 5. The minimum Gasteiger partial charge on any atom is -0.464 e. The van der Waals surface area contributed by atoms with E-state index in [-0.39, 0.29) is 24.1 Å². The monoisotopic (exact) mass is 346 g/mol. The minimum absolute atomic E-state index is 0.0192. The minimum atomic E-state index is -0.504. The van der Waals surface area contributed by atoms with Crippen LogP contribution in [0.4, 0.5) is 5.69 Å². The van der Waals surface area contributed by atoms with Gasteiger partial charge in [-0.05, 0) is 18.6 Å². The van der Waals surface area contributed by atoms with Crippen molar-refractivity contribution in [3.05, 3.63) is 52.3 Å². The van der Waals surface area contributed by atoms with E-state index in [2.05, 4.69) is 17.3 Å². The standard InChI is InChI=1S/C17H22N4O4/c1-2-3-4-7-11-18-17(22)14-10-12-20(19-14)13-25-16-9-6-5-8-15(16)21(23)24/h5-6,8-10,12H,2-4,7,11,13H2,1H3,(H,18,22). The molecule has 8 nitrogen and oxygen atoms in total.